The molecule has 0 saturated carbocycles. The minimum absolute atomic E-state index is 0.202. The Morgan fingerprint density at radius 2 is 1.27 bits per heavy atom. The smallest absolute Gasteiger partial charge is 0.261 e. The number of hydrogen-bond donors (Lipinski definition) is 0. The van der Waals surface area contributed by atoms with Crippen molar-refractivity contribution in [1.82, 2.24) is 9.80 Å². The largest absolute Gasteiger partial charge is 0.369 e. The molecule has 5 rings (SSSR count). The number of amides is 2. The molecule has 2 aliphatic heterocycles. The summed E-state index contributed by atoms with van der Waals surface area (Å²) in [5, 5.41) is 0. The van der Waals surface area contributed by atoms with Crippen LogP contribution in [0.1, 0.15) is 31.8 Å². The van der Waals surface area contributed by atoms with Crippen LogP contribution in [0.25, 0.3) is 0 Å². The molecule has 6 heteroatoms. The first-order chi connectivity index (χ1) is 16.1. The molecule has 2 heterocycles. The van der Waals surface area contributed by atoms with Gasteiger partial charge in [-0.15, -0.1) is 0 Å². The van der Waals surface area contributed by atoms with Crippen LogP contribution < -0.4 is 4.90 Å². The van der Waals surface area contributed by atoms with E-state index in [9.17, 15) is 14.0 Å². The Morgan fingerprint density at radius 1 is 0.697 bits per heavy atom. The Hall–Kier alpha value is -3.51. The third-order valence-corrected chi connectivity index (χ3v) is 6.52. The summed E-state index contributed by atoms with van der Waals surface area (Å²) in [4.78, 5) is 31.2. The van der Waals surface area contributed by atoms with Crippen LogP contribution in [0.2, 0.25) is 0 Å². The SMILES string of the molecule is O=C1c2ccccc2C(=O)N1Cc1ccc(CCN2CCN(c3ccc(F)cc3)CC2)cc1. The Balaban J connectivity index is 1.11. The molecule has 0 bridgehead atoms. The van der Waals surface area contributed by atoms with E-state index >= 15 is 0 Å². The first-order valence-corrected chi connectivity index (χ1v) is 11.3. The van der Waals surface area contributed by atoms with Gasteiger partial charge in [-0.3, -0.25) is 19.4 Å². The second kappa shape index (κ2) is 9.16. The standard InChI is InChI=1S/C27H26FN3O2/c28-22-9-11-23(12-10-22)30-17-15-29(16-18-30)14-13-20-5-7-21(8-6-20)19-31-26(32)24-3-1-2-4-25(24)27(31)33/h1-12H,13-19H2. The summed E-state index contributed by atoms with van der Waals surface area (Å²) >= 11 is 0. The molecule has 0 N–H and O–H groups in total. The fourth-order valence-corrected chi connectivity index (χ4v) is 4.55. The predicted molar refractivity (Wildman–Crippen MR) is 126 cm³/mol. The molecule has 2 amide bonds. The van der Waals surface area contributed by atoms with Crippen molar-refractivity contribution in [3.63, 3.8) is 0 Å². The highest BCUT2D eigenvalue weighted by atomic mass is 19.1. The van der Waals surface area contributed by atoms with Crippen LogP contribution in [0.5, 0.6) is 0 Å². The molecular weight excluding hydrogens is 417 g/mol. The molecule has 0 radical (unpaired) electrons. The van der Waals surface area contributed by atoms with Crippen molar-refractivity contribution in [2.75, 3.05) is 37.6 Å². The van der Waals surface area contributed by atoms with Crippen LogP contribution in [-0.2, 0) is 13.0 Å². The van der Waals surface area contributed by atoms with Crippen molar-refractivity contribution in [1.29, 1.82) is 0 Å². The van der Waals surface area contributed by atoms with Crippen LogP contribution in [-0.4, -0.2) is 54.3 Å². The summed E-state index contributed by atoms with van der Waals surface area (Å²) < 4.78 is 13.1. The lowest BCUT2D eigenvalue weighted by molar-refractivity contribution is 0.0642. The summed E-state index contributed by atoms with van der Waals surface area (Å²) in [5.41, 5.74) is 4.23. The summed E-state index contributed by atoms with van der Waals surface area (Å²) in [6, 6.07) is 21.9. The minimum atomic E-state index is -0.223. The van der Waals surface area contributed by atoms with E-state index in [4.69, 9.17) is 0 Å². The van der Waals surface area contributed by atoms with Crippen LogP contribution in [0.4, 0.5) is 10.1 Å². The van der Waals surface area contributed by atoms with Gasteiger partial charge in [-0.25, -0.2) is 4.39 Å². The van der Waals surface area contributed by atoms with Gasteiger partial charge in [-0.2, -0.15) is 0 Å². The average Bonchev–Trinajstić information content (AvgIpc) is 3.09. The number of carbonyl (C=O) groups excluding carboxylic acids is 2. The van der Waals surface area contributed by atoms with Gasteiger partial charge in [-0.05, 0) is 53.9 Å². The highest BCUT2D eigenvalue weighted by molar-refractivity contribution is 6.21. The summed E-state index contributed by atoms with van der Waals surface area (Å²) in [5.74, 6) is -0.647. The van der Waals surface area contributed by atoms with Gasteiger partial charge in [0.1, 0.15) is 5.82 Å². The van der Waals surface area contributed by atoms with Crippen molar-refractivity contribution in [2.45, 2.75) is 13.0 Å². The molecule has 2 aliphatic rings. The second-order valence-corrected chi connectivity index (χ2v) is 8.61. The first kappa shape index (κ1) is 21.3. The Kier molecular flexibility index (Phi) is 5.92. The molecule has 3 aromatic carbocycles. The first-order valence-electron chi connectivity index (χ1n) is 11.3. The number of anilines is 1. The maximum atomic E-state index is 13.1. The molecule has 3 aromatic rings. The molecule has 0 unspecified atom stereocenters. The molecule has 1 saturated heterocycles. The Labute approximate surface area is 193 Å². The van der Waals surface area contributed by atoms with Crippen molar-refractivity contribution in [3.8, 4) is 0 Å². The number of nitrogens with zero attached hydrogens (tertiary/aromatic N) is 3. The third kappa shape index (κ3) is 4.52. The number of rotatable bonds is 6. The van der Waals surface area contributed by atoms with Crippen LogP contribution >= 0.6 is 0 Å². The van der Waals surface area contributed by atoms with E-state index in [1.54, 1.807) is 24.3 Å². The molecular formula is C27H26FN3O2. The molecule has 1 fully saturated rings. The Morgan fingerprint density at radius 3 is 1.88 bits per heavy atom. The van der Waals surface area contributed by atoms with Gasteiger partial charge in [0.15, 0.2) is 0 Å². The molecule has 0 aliphatic carbocycles. The fraction of sp³-hybridized carbons (Fsp3) is 0.259. The lowest BCUT2D eigenvalue weighted by atomic mass is 10.1. The van der Waals surface area contributed by atoms with Crippen molar-refractivity contribution >= 4 is 17.5 Å². The topological polar surface area (TPSA) is 43.9 Å². The zero-order valence-electron chi connectivity index (χ0n) is 18.4. The Bertz CT molecular complexity index is 1120. The normalized spacial score (nSPS) is 16.4. The number of benzene rings is 3. The number of halogens is 1. The molecule has 0 aromatic heterocycles. The maximum absolute atomic E-state index is 13.1. The van der Waals surface area contributed by atoms with Crippen molar-refractivity contribution in [3.05, 3.63) is 101 Å². The fourth-order valence-electron chi connectivity index (χ4n) is 4.55. The maximum Gasteiger partial charge on any atom is 0.261 e. The van der Waals surface area contributed by atoms with Gasteiger partial charge in [0.25, 0.3) is 11.8 Å². The minimum Gasteiger partial charge on any atom is -0.369 e. The summed E-state index contributed by atoms with van der Waals surface area (Å²) in [6.45, 7) is 5.10. The van der Waals surface area contributed by atoms with E-state index in [0.717, 1.165) is 50.4 Å². The summed E-state index contributed by atoms with van der Waals surface area (Å²) in [6.07, 6.45) is 0.948. The molecule has 33 heavy (non-hydrogen) atoms. The summed E-state index contributed by atoms with van der Waals surface area (Å²) in [7, 11) is 0. The molecule has 5 nitrogen and oxygen atoms in total. The van der Waals surface area contributed by atoms with E-state index in [1.165, 1.54) is 22.6 Å². The van der Waals surface area contributed by atoms with E-state index < -0.39 is 0 Å². The number of hydrogen-bond acceptors (Lipinski definition) is 4. The molecule has 0 atom stereocenters. The van der Waals surface area contributed by atoms with Gasteiger partial charge < -0.3 is 4.90 Å². The van der Waals surface area contributed by atoms with E-state index in [0.29, 0.717) is 11.1 Å². The van der Waals surface area contributed by atoms with Gasteiger partial charge >= 0.3 is 0 Å². The van der Waals surface area contributed by atoms with E-state index in [2.05, 4.69) is 21.9 Å². The lowest BCUT2D eigenvalue weighted by Crippen LogP contribution is -2.47. The number of carbonyl (C=O) groups is 2. The number of imide groups is 1. The number of piperazine rings is 1. The molecule has 168 valence electrons. The van der Waals surface area contributed by atoms with Gasteiger partial charge in [0.05, 0.1) is 17.7 Å². The highest BCUT2D eigenvalue weighted by Gasteiger charge is 2.34. The lowest BCUT2D eigenvalue weighted by Gasteiger charge is -2.36. The van der Waals surface area contributed by atoms with E-state index in [-0.39, 0.29) is 24.2 Å². The third-order valence-electron chi connectivity index (χ3n) is 6.52. The van der Waals surface area contributed by atoms with Crippen molar-refractivity contribution < 1.29 is 14.0 Å². The zero-order chi connectivity index (χ0) is 22.8. The predicted octanol–water partition coefficient (Wildman–Crippen LogP) is 3.99. The monoisotopic (exact) mass is 443 g/mol. The second-order valence-electron chi connectivity index (χ2n) is 8.61. The number of fused-ring (bicyclic) bond motifs is 1. The van der Waals surface area contributed by atoms with Crippen LogP contribution in [0.3, 0.4) is 0 Å². The van der Waals surface area contributed by atoms with Crippen molar-refractivity contribution in [2.24, 2.45) is 0 Å². The molecule has 0 spiro atoms. The quantitative estimate of drug-likeness (QED) is 0.541. The van der Waals surface area contributed by atoms with Crippen LogP contribution in [0.15, 0.2) is 72.8 Å². The van der Waals surface area contributed by atoms with Crippen LogP contribution in [0, 0.1) is 5.82 Å². The average molecular weight is 444 g/mol. The van der Waals surface area contributed by atoms with E-state index in [1.807, 2.05) is 24.3 Å². The zero-order valence-corrected chi connectivity index (χ0v) is 18.4. The van der Waals surface area contributed by atoms with Gasteiger partial charge in [-0.1, -0.05) is 36.4 Å². The van der Waals surface area contributed by atoms with Gasteiger partial charge in [0.2, 0.25) is 0 Å². The highest BCUT2D eigenvalue weighted by Crippen LogP contribution is 2.24. The van der Waals surface area contributed by atoms with Gasteiger partial charge in [0, 0.05) is 38.4 Å².